The summed E-state index contributed by atoms with van der Waals surface area (Å²) in [4.78, 5) is 24.1. The number of rotatable bonds is 8. The van der Waals surface area contributed by atoms with Crippen LogP contribution in [0.15, 0.2) is 42.5 Å². The minimum Gasteiger partial charge on any atom is -0.496 e. The number of nitrogens with zero attached hydrogens (tertiary/aromatic N) is 1. The number of methoxy groups -OCH3 is 1. The molecule has 0 radical (unpaired) electrons. The van der Waals surface area contributed by atoms with Gasteiger partial charge in [0.1, 0.15) is 17.7 Å². The number of halogens is 1. The number of nitrogens with one attached hydrogen (secondary N) is 1. The standard InChI is InChI=1S/C21H21FN2O5/c1-3-29-21(27)17(11-23)19(25)14-6-4-13(5-7-14)12-24-20(26)16-10-15(22)8-9-18(16)28-2/h4-10,17,19,25H,3,12H2,1-2H3,(H,24,26). The largest absolute Gasteiger partial charge is 0.496 e. The lowest BCUT2D eigenvalue weighted by molar-refractivity contribution is -0.149. The first-order valence-electron chi connectivity index (χ1n) is 8.86. The minimum atomic E-state index is -1.33. The fraction of sp³-hybridized carbons (Fsp3) is 0.286. The van der Waals surface area contributed by atoms with Gasteiger partial charge in [-0.2, -0.15) is 5.26 Å². The Labute approximate surface area is 167 Å². The third kappa shape index (κ3) is 5.53. The van der Waals surface area contributed by atoms with Gasteiger partial charge in [0.15, 0.2) is 5.92 Å². The van der Waals surface area contributed by atoms with Crippen molar-refractivity contribution in [3.63, 3.8) is 0 Å². The molecule has 0 saturated heterocycles. The van der Waals surface area contributed by atoms with Crippen molar-refractivity contribution < 1.29 is 28.6 Å². The van der Waals surface area contributed by atoms with Gasteiger partial charge >= 0.3 is 5.97 Å². The number of carbonyl (C=O) groups excluding carboxylic acids is 2. The second-order valence-corrected chi connectivity index (χ2v) is 6.07. The Morgan fingerprint density at radius 2 is 1.93 bits per heavy atom. The van der Waals surface area contributed by atoms with Crippen molar-refractivity contribution in [1.82, 2.24) is 5.32 Å². The molecule has 2 N–H and O–H groups in total. The summed E-state index contributed by atoms with van der Waals surface area (Å²) >= 11 is 0. The zero-order valence-electron chi connectivity index (χ0n) is 16.0. The molecule has 0 saturated carbocycles. The molecule has 152 valence electrons. The molecule has 2 atom stereocenters. The highest BCUT2D eigenvalue weighted by molar-refractivity contribution is 5.96. The molecule has 2 aromatic carbocycles. The van der Waals surface area contributed by atoms with Gasteiger partial charge in [-0.25, -0.2) is 4.39 Å². The summed E-state index contributed by atoms with van der Waals surface area (Å²) < 4.78 is 23.3. The van der Waals surface area contributed by atoms with Crippen LogP contribution >= 0.6 is 0 Å². The van der Waals surface area contributed by atoms with Crippen LogP contribution in [0.1, 0.15) is 34.5 Å². The molecule has 0 bridgehead atoms. The van der Waals surface area contributed by atoms with Gasteiger partial charge < -0.3 is 19.9 Å². The number of hydrogen-bond donors (Lipinski definition) is 2. The van der Waals surface area contributed by atoms with Gasteiger partial charge in [-0.1, -0.05) is 24.3 Å². The van der Waals surface area contributed by atoms with Crippen LogP contribution in [0.25, 0.3) is 0 Å². The molecule has 2 aromatic rings. The summed E-state index contributed by atoms with van der Waals surface area (Å²) in [5, 5.41) is 22.1. The maximum atomic E-state index is 13.4. The van der Waals surface area contributed by atoms with Gasteiger partial charge in [-0.3, -0.25) is 9.59 Å². The monoisotopic (exact) mass is 400 g/mol. The van der Waals surface area contributed by atoms with Crippen LogP contribution in [-0.4, -0.2) is 30.7 Å². The van der Waals surface area contributed by atoms with Crippen molar-refractivity contribution in [2.45, 2.75) is 19.6 Å². The van der Waals surface area contributed by atoms with Crippen LogP contribution in [0.3, 0.4) is 0 Å². The van der Waals surface area contributed by atoms with Crippen LogP contribution in [-0.2, 0) is 16.1 Å². The molecular formula is C21H21FN2O5. The summed E-state index contributed by atoms with van der Waals surface area (Å²) in [6, 6.07) is 11.8. The first kappa shape index (κ1) is 21.9. The van der Waals surface area contributed by atoms with Crippen LogP contribution in [0.2, 0.25) is 0 Å². The summed E-state index contributed by atoms with van der Waals surface area (Å²) in [5.41, 5.74) is 1.15. The van der Waals surface area contributed by atoms with Gasteiger partial charge in [-0.05, 0) is 36.2 Å². The fourth-order valence-electron chi connectivity index (χ4n) is 2.64. The molecule has 2 rings (SSSR count). The first-order valence-corrected chi connectivity index (χ1v) is 8.86. The molecule has 0 spiro atoms. The lowest BCUT2D eigenvalue weighted by Crippen LogP contribution is -2.24. The Morgan fingerprint density at radius 1 is 1.24 bits per heavy atom. The molecule has 1 amide bonds. The maximum absolute atomic E-state index is 13.4. The second kappa shape index (κ2) is 10.2. The Morgan fingerprint density at radius 3 is 2.52 bits per heavy atom. The van der Waals surface area contributed by atoms with Gasteiger partial charge in [0, 0.05) is 6.54 Å². The van der Waals surface area contributed by atoms with Crippen molar-refractivity contribution >= 4 is 11.9 Å². The van der Waals surface area contributed by atoms with E-state index < -0.39 is 29.7 Å². The van der Waals surface area contributed by atoms with E-state index in [-0.39, 0.29) is 24.5 Å². The average Bonchev–Trinajstić information content (AvgIpc) is 2.73. The molecule has 0 aliphatic heterocycles. The molecule has 0 heterocycles. The summed E-state index contributed by atoms with van der Waals surface area (Å²) in [7, 11) is 1.39. The van der Waals surface area contributed by atoms with Crippen LogP contribution in [0.4, 0.5) is 4.39 Å². The fourth-order valence-corrected chi connectivity index (χ4v) is 2.64. The zero-order chi connectivity index (χ0) is 21.4. The smallest absolute Gasteiger partial charge is 0.326 e. The van der Waals surface area contributed by atoms with Crippen LogP contribution < -0.4 is 10.1 Å². The SMILES string of the molecule is CCOC(=O)C(C#N)C(O)c1ccc(CNC(=O)c2cc(F)ccc2OC)cc1. The number of nitriles is 1. The molecule has 0 aromatic heterocycles. The molecule has 0 fully saturated rings. The first-order chi connectivity index (χ1) is 13.9. The Balaban J connectivity index is 2.04. The second-order valence-electron chi connectivity index (χ2n) is 6.07. The zero-order valence-corrected chi connectivity index (χ0v) is 16.0. The van der Waals surface area contributed by atoms with E-state index >= 15 is 0 Å². The lowest BCUT2D eigenvalue weighted by atomic mass is 9.96. The van der Waals surface area contributed by atoms with E-state index in [1.54, 1.807) is 37.3 Å². The van der Waals surface area contributed by atoms with E-state index in [2.05, 4.69) is 5.32 Å². The summed E-state index contributed by atoms with van der Waals surface area (Å²) in [6.07, 6.45) is -1.33. The van der Waals surface area contributed by atoms with Crippen molar-refractivity contribution in [3.8, 4) is 11.8 Å². The molecule has 0 aliphatic carbocycles. The van der Waals surface area contributed by atoms with E-state index in [9.17, 15) is 19.1 Å². The minimum absolute atomic E-state index is 0.0749. The average molecular weight is 400 g/mol. The van der Waals surface area contributed by atoms with Crippen LogP contribution in [0, 0.1) is 23.1 Å². The van der Waals surface area contributed by atoms with Gasteiger partial charge in [-0.15, -0.1) is 0 Å². The quantitative estimate of drug-likeness (QED) is 0.659. The molecule has 29 heavy (non-hydrogen) atoms. The van der Waals surface area contributed by atoms with E-state index in [1.807, 2.05) is 0 Å². The topological polar surface area (TPSA) is 109 Å². The number of benzene rings is 2. The van der Waals surface area contributed by atoms with Crippen LogP contribution in [0.5, 0.6) is 5.75 Å². The highest BCUT2D eigenvalue weighted by atomic mass is 19.1. The number of aliphatic hydroxyl groups excluding tert-OH is 1. The van der Waals surface area contributed by atoms with E-state index in [1.165, 1.54) is 19.2 Å². The lowest BCUT2D eigenvalue weighted by Gasteiger charge is -2.16. The molecule has 2 unspecified atom stereocenters. The highest BCUT2D eigenvalue weighted by Crippen LogP contribution is 2.23. The van der Waals surface area contributed by atoms with E-state index in [0.29, 0.717) is 11.1 Å². The summed E-state index contributed by atoms with van der Waals surface area (Å²) in [5.74, 6) is -2.92. The van der Waals surface area contributed by atoms with Crippen molar-refractivity contribution in [1.29, 1.82) is 5.26 Å². The van der Waals surface area contributed by atoms with Crippen molar-refractivity contribution in [2.75, 3.05) is 13.7 Å². The number of aliphatic hydroxyl groups is 1. The Hall–Kier alpha value is -3.44. The van der Waals surface area contributed by atoms with Gasteiger partial charge in [0.05, 0.1) is 25.3 Å². The summed E-state index contributed by atoms with van der Waals surface area (Å²) in [6.45, 7) is 1.87. The van der Waals surface area contributed by atoms with Gasteiger partial charge in [0.25, 0.3) is 5.91 Å². The molecular weight excluding hydrogens is 379 g/mol. The predicted octanol–water partition coefficient (Wildman–Crippen LogP) is 2.50. The van der Waals surface area contributed by atoms with E-state index in [0.717, 1.165) is 6.07 Å². The normalized spacial score (nSPS) is 12.4. The Bertz CT molecular complexity index is 908. The predicted molar refractivity (Wildman–Crippen MR) is 101 cm³/mol. The van der Waals surface area contributed by atoms with E-state index in [4.69, 9.17) is 14.7 Å². The number of esters is 1. The third-order valence-corrected chi connectivity index (χ3v) is 4.18. The van der Waals surface area contributed by atoms with Crippen molar-refractivity contribution in [2.24, 2.45) is 5.92 Å². The number of carbonyl (C=O) groups is 2. The van der Waals surface area contributed by atoms with Gasteiger partial charge in [0.2, 0.25) is 0 Å². The van der Waals surface area contributed by atoms with Crippen molar-refractivity contribution in [3.05, 3.63) is 65.0 Å². The number of ether oxygens (including phenoxy) is 2. The number of hydrogen-bond acceptors (Lipinski definition) is 6. The Kier molecular flexibility index (Phi) is 7.69. The molecule has 0 aliphatic rings. The maximum Gasteiger partial charge on any atom is 0.326 e. The number of amides is 1. The molecule has 7 nitrogen and oxygen atoms in total. The highest BCUT2D eigenvalue weighted by Gasteiger charge is 2.29. The third-order valence-electron chi connectivity index (χ3n) is 4.18. The molecule has 8 heteroatoms.